The highest BCUT2D eigenvalue weighted by atomic mass is 16.4. The summed E-state index contributed by atoms with van der Waals surface area (Å²) in [4.78, 5) is 21.8. The number of carbonyl (C=O) groups excluding carboxylic acids is 1. The topological polar surface area (TPSA) is 54.4 Å². The molecule has 1 aromatic rings. The molecule has 1 aliphatic rings. The first-order valence-corrected chi connectivity index (χ1v) is 4.97. The smallest absolute Gasteiger partial charge is 0.335 e. The van der Waals surface area contributed by atoms with Crippen molar-refractivity contribution in [3.05, 3.63) is 34.4 Å². The summed E-state index contributed by atoms with van der Waals surface area (Å²) in [6, 6.07) is 3.12. The number of rotatable bonds is 3. The van der Waals surface area contributed by atoms with Crippen molar-refractivity contribution in [2.24, 2.45) is 0 Å². The summed E-state index contributed by atoms with van der Waals surface area (Å²) in [7, 11) is 0. The third-order valence-electron chi connectivity index (χ3n) is 2.89. The van der Waals surface area contributed by atoms with E-state index < -0.39 is 5.97 Å². The van der Waals surface area contributed by atoms with E-state index in [4.69, 9.17) is 5.11 Å². The van der Waals surface area contributed by atoms with Crippen LogP contribution in [-0.2, 0) is 0 Å². The summed E-state index contributed by atoms with van der Waals surface area (Å²) in [5.41, 5.74) is 2.63. The molecule has 1 N–H and O–H groups in total. The minimum Gasteiger partial charge on any atom is -0.478 e. The van der Waals surface area contributed by atoms with E-state index in [0.29, 0.717) is 17.0 Å². The van der Waals surface area contributed by atoms with E-state index >= 15 is 0 Å². The van der Waals surface area contributed by atoms with Crippen molar-refractivity contribution < 1.29 is 14.7 Å². The third-order valence-corrected chi connectivity index (χ3v) is 2.89. The highest BCUT2D eigenvalue weighted by Crippen LogP contribution is 2.43. The molecule has 3 nitrogen and oxygen atoms in total. The number of carbonyl (C=O) groups is 2. The molecule has 0 heterocycles. The van der Waals surface area contributed by atoms with E-state index in [-0.39, 0.29) is 0 Å². The molecule has 0 saturated heterocycles. The van der Waals surface area contributed by atoms with Crippen LogP contribution in [0.3, 0.4) is 0 Å². The highest BCUT2D eigenvalue weighted by Gasteiger charge is 2.29. The van der Waals surface area contributed by atoms with Gasteiger partial charge in [-0.1, -0.05) is 6.07 Å². The number of carboxylic acids is 1. The predicted octanol–water partition coefficient (Wildman–Crippen LogP) is 2.38. The molecule has 0 unspecified atom stereocenters. The van der Waals surface area contributed by atoms with Gasteiger partial charge in [-0.25, -0.2) is 4.79 Å². The number of carboxylic acid groups (broad SMARTS) is 1. The zero-order valence-corrected chi connectivity index (χ0v) is 8.49. The molecule has 0 spiro atoms. The molecule has 1 aliphatic carbocycles. The summed E-state index contributed by atoms with van der Waals surface area (Å²) in [5, 5.41) is 8.97. The lowest BCUT2D eigenvalue weighted by molar-refractivity contribution is 0.0695. The molecule has 3 heteroatoms. The average Bonchev–Trinajstić information content (AvgIpc) is 3.00. The Bertz CT molecular complexity index is 431. The van der Waals surface area contributed by atoms with E-state index in [2.05, 4.69) is 0 Å². The summed E-state index contributed by atoms with van der Waals surface area (Å²) in [5.74, 6) is -0.531. The van der Waals surface area contributed by atoms with Gasteiger partial charge in [-0.2, -0.15) is 0 Å². The van der Waals surface area contributed by atoms with Gasteiger partial charge >= 0.3 is 5.97 Å². The van der Waals surface area contributed by atoms with Crippen molar-refractivity contribution in [2.75, 3.05) is 0 Å². The second-order valence-electron chi connectivity index (χ2n) is 3.94. The molecule has 15 heavy (non-hydrogen) atoms. The van der Waals surface area contributed by atoms with Crippen LogP contribution >= 0.6 is 0 Å². The fourth-order valence-corrected chi connectivity index (χ4v) is 2.00. The van der Waals surface area contributed by atoms with Gasteiger partial charge in [0.25, 0.3) is 0 Å². The number of aldehydes is 1. The van der Waals surface area contributed by atoms with Crippen LogP contribution in [0.15, 0.2) is 12.1 Å². The summed E-state index contributed by atoms with van der Waals surface area (Å²) < 4.78 is 0. The number of hydrogen-bond donors (Lipinski definition) is 1. The zero-order chi connectivity index (χ0) is 11.0. The van der Waals surface area contributed by atoms with Crippen molar-refractivity contribution in [1.29, 1.82) is 0 Å². The molecule has 0 atom stereocenters. The third kappa shape index (κ3) is 1.65. The van der Waals surface area contributed by atoms with Gasteiger partial charge in [0.1, 0.15) is 6.29 Å². The van der Waals surface area contributed by atoms with Gasteiger partial charge in [0.2, 0.25) is 0 Å². The van der Waals surface area contributed by atoms with Crippen LogP contribution in [0.1, 0.15) is 50.6 Å². The molecule has 1 aromatic carbocycles. The second-order valence-corrected chi connectivity index (χ2v) is 3.94. The van der Waals surface area contributed by atoms with Crippen LogP contribution in [-0.4, -0.2) is 17.4 Å². The van der Waals surface area contributed by atoms with Crippen LogP contribution in [0.5, 0.6) is 0 Å². The van der Waals surface area contributed by atoms with E-state index in [1.54, 1.807) is 13.0 Å². The lowest BCUT2D eigenvalue weighted by Crippen LogP contribution is -2.05. The van der Waals surface area contributed by atoms with Gasteiger partial charge in [0, 0.05) is 5.56 Å². The van der Waals surface area contributed by atoms with Gasteiger partial charge in [0.05, 0.1) is 5.56 Å². The summed E-state index contributed by atoms with van der Waals surface area (Å²) in [6.45, 7) is 1.78. The summed E-state index contributed by atoms with van der Waals surface area (Å²) >= 11 is 0. The number of hydrogen-bond acceptors (Lipinski definition) is 2. The zero-order valence-electron chi connectivity index (χ0n) is 8.49. The van der Waals surface area contributed by atoms with E-state index in [1.807, 2.05) is 0 Å². The Hall–Kier alpha value is -1.64. The Labute approximate surface area is 87.7 Å². The number of benzene rings is 1. The minimum atomic E-state index is -0.924. The Morgan fingerprint density at radius 2 is 2.13 bits per heavy atom. The molecule has 0 radical (unpaired) electrons. The quantitative estimate of drug-likeness (QED) is 0.769. The second kappa shape index (κ2) is 3.50. The van der Waals surface area contributed by atoms with Crippen LogP contribution in [0, 0.1) is 6.92 Å². The first-order valence-electron chi connectivity index (χ1n) is 4.97. The van der Waals surface area contributed by atoms with Crippen LogP contribution in [0.4, 0.5) is 0 Å². The monoisotopic (exact) mass is 204 g/mol. The minimum absolute atomic E-state index is 0.308. The normalized spacial score (nSPS) is 15.0. The Kier molecular flexibility index (Phi) is 2.31. The van der Waals surface area contributed by atoms with Crippen molar-refractivity contribution in [3.8, 4) is 0 Å². The fourth-order valence-electron chi connectivity index (χ4n) is 2.00. The molecular formula is C12H12O3. The molecule has 0 bridgehead atoms. The highest BCUT2D eigenvalue weighted by molar-refractivity contribution is 5.92. The van der Waals surface area contributed by atoms with Crippen molar-refractivity contribution in [2.45, 2.75) is 25.7 Å². The molecule has 0 amide bonds. The largest absolute Gasteiger partial charge is 0.478 e. The SMILES string of the molecule is Cc1c(C(=O)O)ccc(C=O)c1C1CC1. The predicted molar refractivity (Wildman–Crippen MR) is 55.5 cm³/mol. The molecule has 2 rings (SSSR count). The molecule has 1 fully saturated rings. The Morgan fingerprint density at radius 1 is 1.47 bits per heavy atom. The van der Waals surface area contributed by atoms with Crippen LogP contribution in [0.2, 0.25) is 0 Å². The Morgan fingerprint density at radius 3 is 2.60 bits per heavy atom. The van der Waals surface area contributed by atoms with E-state index in [1.165, 1.54) is 6.07 Å². The van der Waals surface area contributed by atoms with Gasteiger partial charge < -0.3 is 5.11 Å². The molecule has 0 aromatic heterocycles. The van der Waals surface area contributed by atoms with Gasteiger partial charge in [-0.05, 0) is 42.9 Å². The molecule has 0 aliphatic heterocycles. The first-order chi connectivity index (χ1) is 7.15. The maximum atomic E-state index is 10.9. The molecular weight excluding hydrogens is 192 g/mol. The lowest BCUT2D eigenvalue weighted by Gasteiger charge is -2.10. The van der Waals surface area contributed by atoms with Crippen molar-refractivity contribution in [1.82, 2.24) is 0 Å². The maximum absolute atomic E-state index is 10.9. The molecule has 1 saturated carbocycles. The van der Waals surface area contributed by atoms with Gasteiger partial charge in [-0.15, -0.1) is 0 Å². The average molecular weight is 204 g/mol. The van der Waals surface area contributed by atoms with Crippen molar-refractivity contribution in [3.63, 3.8) is 0 Å². The maximum Gasteiger partial charge on any atom is 0.335 e. The number of aromatic carboxylic acids is 1. The van der Waals surface area contributed by atoms with E-state index in [9.17, 15) is 9.59 Å². The van der Waals surface area contributed by atoms with Gasteiger partial charge in [0.15, 0.2) is 0 Å². The first kappa shape index (κ1) is 9.90. The molecule has 78 valence electrons. The standard InChI is InChI=1S/C12H12O3/c1-7-10(12(14)15)5-4-9(6-13)11(7)8-2-3-8/h4-6,8H,2-3H2,1H3,(H,14,15). The van der Waals surface area contributed by atoms with Crippen molar-refractivity contribution >= 4 is 12.3 Å². The fraction of sp³-hybridized carbons (Fsp3) is 0.333. The van der Waals surface area contributed by atoms with E-state index in [0.717, 1.165) is 30.3 Å². The lowest BCUT2D eigenvalue weighted by atomic mass is 9.94. The Balaban J connectivity index is 2.60. The van der Waals surface area contributed by atoms with Gasteiger partial charge in [-0.3, -0.25) is 4.79 Å². The summed E-state index contributed by atoms with van der Waals surface area (Å²) in [6.07, 6.45) is 2.93. The van der Waals surface area contributed by atoms with Crippen LogP contribution in [0.25, 0.3) is 0 Å². The van der Waals surface area contributed by atoms with Crippen LogP contribution < -0.4 is 0 Å².